The predicted molar refractivity (Wildman–Crippen MR) is 61.1 cm³/mol. The molecule has 1 amide bonds. The Kier molecular flexibility index (Phi) is 3.09. The molecule has 0 fully saturated rings. The molecule has 1 N–H and O–H groups in total. The van der Waals surface area contributed by atoms with Gasteiger partial charge in [0.15, 0.2) is 0 Å². The third-order valence-corrected chi connectivity index (χ3v) is 2.21. The normalized spacial score (nSPS) is 10.0. The summed E-state index contributed by atoms with van der Waals surface area (Å²) in [5.41, 5.74) is 1.55. The highest BCUT2D eigenvalue weighted by atomic mass is 19.1. The van der Waals surface area contributed by atoms with Crippen LogP contribution in [0, 0.1) is 12.9 Å². The maximum absolute atomic E-state index is 12.6. The lowest BCUT2D eigenvalue weighted by molar-refractivity contribution is 0.102. The molecule has 86 valence electrons. The summed E-state index contributed by atoms with van der Waals surface area (Å²) in [4.78, 5) is 19.3. The number of carbonyl (C=O) groups is 1. The smallest absolute Gasteiger partial charge is 0.274 e. The van der Waals surface area contributed by atoms with Gasteiger partial charge in [-0.05, 0) is 30.7 Å². The van der Waals surface area contributed by atoms with Gasteiger partial charge >= 0.3 is 0 Å². The van der Waals surface area contributed by atoms with E-state index in [9.17, 15) is 9.18 Å². The molecule has 2 aromatic rings. The molecule has 0 atom stereocenters. The van der Waals surface area contributed by atoms with Gasteiger partial charge in [0.2, 0.25) is 5.95 Å². The summed E-state index contributed by atoms with van der Waals surface area (Å²) >= 11 is 0. The summed E-state index contributed by atoms with van der Waals surface area (Å²) < 4.78 is 12.6. The van der Waals surface area contributed by atoms with E-state index < -0.39 is 5.95 Å². The minimum atomic E-state index is -0.586. The molecular formula is C12H10FN3O. The van der Waals surface area contributed by atoms with Gasteiger partial charge in [0.1, 0.15) is 5.69 Å². The number of rotatable bonds is 2. The molecule has 0 bridgehead atoms. The molecule has 17 heavy (non-hydrogen) atoms. The first-order chi connectivity index (χ1) is 8.16. The minimum absolute atomic E-state index is 0.337. The number of halogens is 1. The van der Waals surface area contributed by atoms with Crippen molar-refractivity contribution in [2.45, 2.75) is 6.92 Å². The summed E-state index contributed by atoms with van der Waals surface area (Å²) in [6, 6.07) is 6.18. The molecule has 0 spiro atoms. The van der Waals surface area contributed by atoms with E-state index in [0.29, 0.717) is 11.4 Å². The van der Waals surface area contributed by atoms with Crippen molar-refractivity contribution in [1.29, 1.82) is 0 Å². The second kappa shape index (κ2) is 4.69. The fraction of sp³-hybridized carbons (Fsp3) is 0.0833. The van der Waals surface area contributed by atoms with E-state index in [1.165, 1.54) is 18.3 Å². The SMILES string of the molecule is Cc1cccnc1C(=O)Nc1ccc(F)nc1. The predicted octanol–water partition coefficient (Wildman–Crippen LogP) is 2.18. The van der Waals surface area contributed by atoms with Crippen molar-refractivity contribution in [3.05, 3.63) is 53.9 Å². The monoisotopic (exact) mass is 231 g/mol. The number of aromatic nitrogens is 2. The Labute approximate surface area is 97.5 Å². The summed E-state index contributed by atoms with van der Waals surface area (Å²) in [5, 5.41) is 2.60. The highest BCUT2D eigenvalue weighted by Gasteiger charge is 2.10. The van der Waals surface area contributed by atoms with E-state index in [4.69, 9.17) is 0 Å². The van der Waals surface area contributed by atoms with Gasteiger partial charge in [-0.15, -0.1) is 0 Å². The van der Waals surface area contributed by atoms with Gasteiger partial charge in [0.25, 0.3) is 5.91 Å². The lowest BCUT2D eigenvalue weighted by Gasteiger charge is -2.05. The number of hydrogen-bond donors (Lipinski definition) is 1. The van der Waals surface area contributed by atoms with Gasteiger partial charge in [-0.25, -0.2) is 4.98 Å². The third kappa shape index (κ3) is 2.63. The first-order valence-electron chi connectivity index (χ1n) is 5.01. The minimum Gasteiger partial charge on any atom is -0.319 e. The Morgan fingerprint density at radius 1 is 1.29 bits per heavy atom. The Morgan fingerprint density at radius 2 is 2.12 bits per heavy atom. The Bertz CT molecular complexity index is 540. The highest BCUT2D eigenvalue weighted by molar-refractivity contribution is 6.03. The third-order valence-electron chi connectivity index (χ3n) is 2.21. The zero-order chi connectivity index (χ0) is 12.3. The van der Waals surface area contributed by atoms with Crippen LogP contribution in [0.5, 0.6) is 0 Å². The van der Waals surface area contributed by atoms with Gasteiger partial charge in [0, 0.05) is 6.20 Å². The van der Waals surface area contributed by atoms with Crippen LogP contribution in [0.1, 0.15) is 16.1 Å². The van der Waals surface area contributed by atoms with Crippen LogP contribution < -0.4 is 5.32 Å². The number of carbonyl (C=O) groups excluding carboxylic acids is 1. The average Bonchev–Trinajstić information content (AvgIpc) is 2.32. The summed E-state index contributed by atoms with van der Waals surface area (Å²) in [6.07, 6.45) is 2.80. The Morgan fingerprint density at radius 3 is 2.76 bits per heavy atom. The van der Waals surface area contributed by atoms with Crippen molar-refractivity contribution >= 4 is 11.6 Å². The maximum atomic E-state index is 12.6. The van der Waals surface area contributed by atoms with E-state index in [-0.39, 0.29) is 5.91 Å². The zero-order valence-corrected chi connectivity index (χ0v) is 9.14. The van der Waals surface area contributed by atoms with Gasteiger partial charge in [0.05, 0.1) is 11.9 Å². The van der Waals surface area contributed by atoms with Crippen molar-refractivity contribution in [1.82, 2.24) is 9.97 Å². The zero-order valence-electron chi connectivity index (χ0n) is 9.14. The number of pyridine rings is 2. The maximum Gasteiger partial charge on any atom is 0.274 e. The van der Waals surface area contributed by atoms with Crippen molar-refractivity contribution in [3.8, 4) is 0 Å². The number of anilines is 1. The lowest BCUT2D eigenvalue weighted by atomic mass is 10.2. The molecule has 0 aromatic carbocycles. The Hall–Kier alpha value is -2.30. The quantitative estimate of drug-likeness (QED) is 0.806. The van der Waals surface area contributed by atoms with Gasteiger partial charge in [-0.2, -0.15) is 4.39 Å². The molecular weight excluding hydrogens is 221 g/mol. The summed E-state index contributed by atoms with van der Waals surface area (Å²) in [5.74, 6) is -0.923. The number of hydrogen-bond acceptors (Lipinski definition) is 3. The van der Waals surface area contributed by atoms with E-state index in [0.717, 1.165) is 5.56 Å². The van der Waals surface area contributed by atoms with Crippen molar-refractivity contribution < 1.29 is 9.18 Å². The van der Waals surface area contributed by atoms with Crippen LogP contribution in [-0.2, 0) is 0 Å². The highest BCUT2D eigenvalue weighted by Crippen LogP contribution is 2.09. The largest absolute Gasteiger partial charge is 0.319 e. The van der Waals surface area contributed by atoms with Gasteiger partial charge in [-0.3, -0.25) is 9.78 Å². The van der Waals surface area contributed by atoms with E-state index in [1.54, 1.807) is 25.3 Å². The van der Waals surface area contributed by atoms with Crippen LogP contribution in [0.4, 0.5) is 10.1 Å². The first kappa shape index (κ1) is 11.2. The summed E-state index contributed by atoms with van der Waals surface area (Å²) in [6.45, 7) is 1.80. The van der Waals surface area contributed by atoms with Gasteiger partial charge < -0.3 is 5.32 Å². The van der Waals surface area contributed by atoms with E-state index >= 15 is 0 Å². The molecule has 0 radical (unpaired) electrons. The number of amides is 1. The topological polar surface area (TPSA) is 54.9 Å². The fourth-order valence-electron chi connectivity index (χ4n) is 1.36. The van der Waals surface area contributed by atoms with Crippen LogP contribution >= 0.6 is 0 Å². The van der Waals surface area contributed by atoms with Crippen LogP contribution in [0.15, 0.2) is 36.7 Å². The second-order valence-electron chi connectivity index (χ2n) is 3.49. The van der Waals surface area contributed by atoms with Crippen molar-refractivity contribution in [3.63, 3.8) is 0 Å². The lowest BCUT2D eigenvalue weighted by Crippen LogP contribution is -2.15. The average molecular weight is 231 g/mol. The molecule has 0 unspecified atom stereocenters. The van der Waals surface area contributed by atoms with E-state index in [1.807, 2.05) is 0 Å². The number of nitrogens with zero attached hydrogens (tertiary/aromatic N) is 2. The van der Waals surface area contributed by atoms with E-state index in [2.05, 4.69) is 15.3 Å². The molecule has 0 aliphatic carbocycles. The van der Waals surface area contributed by atoms with Crippen molar-refractivity contribution in [2.24, 2.45) is 0 Å². The molecule has 0 aliphatic rings. The van der Waals surface area contributed by atoms with Crippen molar-refractivity contribution in [2.75, 3.05) is 5.32 Å². The molecule has 0 aliphatic heterocycles. The molecule has 2 rings (SSSR count). The number of aryl methyl sites for hydroxylation is 1. The van der Waals surface area contributed by atoms with Crippen LogP contribution in [0.3, 0.4) is 0 Å². The van der Waals surface area contributed by atoms with Gasteiger partial charge in [-0.1, -0.05) is 6.07 Å². The fourth-order valence-corrected chi connectivity index (χ4v) is 1.36. The van der Waals surface area contributed by atoms with Crippen LogP contribution in [-0.4, -0.2) is 15.9 Å². The second-order valence-corrected chi connectivity index (χ2v) is 3.49. The standard InChI is InChI=1S/C12H10FN3O/c1-8-3-2-6-14-11(8)12(17)16-9-4-5-10(13)15-7-9/h2-7H,1H3,(H,16,17). The Balaban J connectivity index is 2.17. The first-order valence-corrected chi connectivity index (χ1v) is 5.01. The molecule has 0 saturated carbocycles. The molecule has 2 heterocycles. The van der Waals surface area contributed by atoms with Crippen LogP contribution in [0.2, 0.25) is 0 Å². The molecule has 2 aromatic heterocycles. The molecule has 0 saturated heterocycles. The van der Waals surface area contributed by atoms with Crippen LogP contribution in [0.25, 0.3) is 0 Å². The molecule has 5 heteroatoms. The summed E-state index contributed by atoms with van der Waals surface area (Å²) in [7, 11) is 0. The molecule has 4 nitrogen and oxygen atoms in total. The number of nitrogens with one attached hydrogen (secondary N) is 1.